The molecule has 0 saturated heterocycles. The van der Waals surface area contributed by atoms with Crippen LogP contribution < -0.4 is 0 Å². The van der Waals surface area contributed by atoms with Crippen molar-refractivity contribution in [3.8, 4) is 67.4 Å². The second kappa shape index (κ2) is 12.6. The van der Waals surface area contributed by atoms with Crippen LogP contribution >= 0.6 is 0 Å². The topological polar surface area (TPSA) is 64.5 Å². The third-order valence-electron chi connectivity index (χ3n) is 9.08. The lowest BCUT2D eigenvalue weighted by Gasteiger charge is -2.15. The summed E-state index contributed by atoms with van der Waals surface area (Å²) in [5.74, 6) is 0. The Bertz CT molecular complexity index is 2560. The highest BCUT2D eigenvalue weighted by Crippen LogP contribution is 2.39. The molecule has 0 spiro atoms. The highest BCUT2D eigenvalue weighted by Gasteiger charge is 2.15. The van der Waals surface area contributed by atoms with Crippen molar-refractivity contribution < 1.29 is 0 Å². The van der Waals surface area contributed by atoms with Crippen LogP contribution in [-0.4, -0.2) is 24.9 Å². The molecule has 0 amide bonds. The number of pyridine rings is 5. The normalized spacial score (nSPS) is 11.2. The molecule has 4 aromatic carbocycles. The van der Waals surface area contributed by atoms with Gasteiger partial charge in [-0.2, -0.15) is 0 Å². The minimum Gasteiger partial charge on any atom is -0.265 e. The first-order chi connectivity index (χ1) is 24.8. The predicted octanol–water partition coefficient (Wildman–Crippen LogP) is 11.0. The number of benzene rings is 4. The van der Waals surface area contributed by atoms with E-state index in [-0.39, 0.29) is 0 Å². The third kappa shape index (κ3) is 5.47. The van der Waals surface area contributed by atoms with Crippen LogP contribution in [0, 0.1) is 0 Å². The summed E-state index contributed by atoms with van der Waals surface area (Å²) in [4.78, 5) is 23.4. The van der Waals surface area contributed by atoms with Gasteiger partial charge in [-0.1, -0.05) is 91.0 Å². The molecule has 5 heteroatoms. The zero-order valence-corrected chi connectivity index (χ0v) is 27.0. The first-order valence-corrected chi connectivity index (χ1v) is 16.6. The minimum absolute atomic E-state index is 0.811. The molecule has 5 heterocycles. The second-order valence-electron chi connectivity index (χ2n) is 12.2. The molecule has 0 saturated carbocycles. The first-order valence-electron chi connectivity index (χ1n) is 16.6. The third-order valence-corrected chi connectivity index (χ3v) is 9.08. The summed E-state index contributed by atoms with van der Waals surface area (Å²) in [7, 11) is 0. The maximum Gasteiger partial charge on any atom is 0.0900 e. The summed E-state index contributed by atoms with van der Waals surface area (Å²) in [6.45, 7) is 0. The molecule has 0 N–H and O–H groups in total. The first kappa shape index (κ1) is 29.3. The molecule has 0 fully saturated rings. The van der Waals surface area contributed by atoms with E-state index in [0.717, 1.165) is 78.1 Å². The number of para-hydroxylation sites is 1. The smallest absolute Gasteiger partial charge is 0.0900 e. The van der Waals surface area contributed by atoms with E-state index in [1.54, 1.807) is 12.4 Å². The Balaban J connectivity index is 1.12. The lowest BCUT2D eigenvalue weighted by Crippen LogP contribution is -1.94. The molecule has 50 heavy (non-hydrogen) atoms. The molecule has 0 atom stereocenters. The molecule has 9 aromatic rings. The van der Waals surface area contributed by atoms with Gasteiger partial charge in [-0.05, 0) is 94.0 Å². The molecule has 5 nitrogen and oxygen atoms in total. The van der Waals surface area contributed by atoms with Crippen molar-refractivity contribution in [1.29, 1.82) is 0 Å². The maximum absolute atomic E-state index is 5.11. The molecule has 0 aliphatic carbocycles. The van der Waals surface area contributed by atoms with Crippen molar-refractivity contribution in [2.75, 3.05) is 0 Å². The van der Waals surface area contributed by atoms with Crippen LogP contribution in [0.4, 0.5) is 0 Å². The van der Waals surface area contributed by atoms with E-state index < -0.39 is 0 Å². The van der Waals surface area contributed by atoms with Gasteiger partial charge in [-0.3, -0.25) is 15.0 Å². The summed E-state index contributed by atoms with van der Waals surface area (Å²) in [6.07, 6.45) is 7.24. The molecule has 0 aliphatic heterocycles. The summed E-state index contributed by atoms with van der Waals surface area (Å²) in [5, 5.41) is 3.45. The Hall–Kier alpha value is -6.85. The number of nitrogens with zero attached hydrogens (tertiary/aromatic N) is 5. The van der Waals surface area contributed by atoms with Gasteiger partial charge in [-0.15, -0.1) is 0 Å². The van der Waals surface area contributed by atoms with Crippen LogP contribution in [0.1, 0.15) is 0 Å². The van der Waals surface area contributed by atoms with Gasteiger partial charge in [0.05, 0.1) is 34.0 Å². The molecule has 0 unspecified atom stereocenters. The molecule has 0 radical (unpaired) electrons. The van der Waals surface area contributed by atoms with Gasteiger partial charge in [0.2, 0.25) is 0 Å². The maximum atomic E-state index is 5.11. The fourth-order valence-corrected chi connectivity index (χ4v) is 6.68. The average molecular weight is 640 g/mol. The number of rotatable bonds is 6. The zero-order valence-electron chi connectivity index (χ0n) is 27.0. The van der Waals surface area contributed by atoms with E-state index in [1.807, 2.05) is 60.9 Å². The minimum atomic E-state index is 0.811. The summed E-state index contributed by atoms with van der Waals surface area (Å²) in [6, 6.07) is 52.5. The van der Waals surface area contributed by atoms with E-state index in [9.17, 15) is 0 Å². The largest absolute Gasteiger partial charge is 0.265 e. The van der Waals surface area contributed by atoms with Crippen LogP contribution in [-0.2, 0) is 0 Å². The summed E-state index contributed by atoms with van der Waals surface area (Å²) < 4.78 is 0. The molecule has 234 valence electrons. The lowest BCUT2D eigenvalue weighted by molar-refractivity contribution is 1.22. The van der Waals surface area contributed by atoms with Crippen molar-refractivity contribution >= 4 is 21.7 Å². The summed E-state index contributed by atoms with van der Waals surface area (Å²) in [5.41, 5.74) is 13.0. The van der Waals surface area contributed by atoms with Crippen molar-refractivity contribution in [2.45, 2.75) is 0 Å². The molecular weight excluding hydrogens is 611 g/mol. The quantitative estimate of drug-likeness (QED) is 0.169. The second-order valence-corrected chi connectivity index (χ2v) is 12.2. The number of fused-ring (bicyclic) bond motifs is 3. The number of aromatic nitrogens is 5. The van der Waals surface area contributed by atoms with Crippen LogP contribution in [0.3, 0.4) is 0 Å². The van der Waals surface area contributed by atoms with Crippen LogP contribution in [0.25, 0.3) is 89.1 Å². The molecule has 9 rings (SSSR count). The van der Waals surface area contributed by atoms with E-state index in [0.29, 0.717) is 0 Å². The Morgan fingerprint density at radius 2 is 0.960 bits per heavy atom. The van der Waals surface area contributed by atoms with Crippen molar-refractivity contribution in [1.82, 2.24) is 24.9 Å². The highest BCUT2D eigenvalue weighted by atomic mass is 14.8. The zero-order chi connectivity index (χ0) is 33.3. The number of hydrogen-bond acceptors (Lipinski definition) is 5. The van der Waals surface area contributed by atoms with Gasteiger partial charge >= 0.3 is 0 Å². The Kier molecular flexibility index (Phi) is 7.41. The number of hydrogen-bond donors (Lipinski definition) is 0. The van der Waals surface area contributed by atoms with Gasteiger partial charge in [0.1, 0.15) is 0 Å². The fourth-order valence-electron chi connectivity index (χ4n) is 6.68. The van der Waals surface area contributed by atoms with Gasteiger partial charge in [0.15, 0.2) is 0 Å². The van der Waals surface area contributed by atoms with Crippen LogP contribution in [0.2, 0.25) is 0 Å². The van der Waals surface area contributed by atoms with E-state index in [2.05, 4.69) is 118 Å². The SMILES string of the molecule is c1ccc(-c2cc(-c3ccc(-c4cccc(-c5cccc6c(-c7ccncc7)nc7ccccc7c56)c4)cc3)cc(-c3ccccn3)n2)nc1. The van der Waals surface area contributed by atoms with Gasteiger partial charge in [0, 0.05) is 46.5 Å². The molecular formula is C45H29N5. The monoisotopic (exact) mass is 639 g/mol. The lowest BCUT2D eigenvalue weighted by atomic mass is 9.91. The Morgan fingerprint density at radius 3 is 1.66 bits per heavy atom. The average Bonchev–Trinajstić information content (AvgIpc) is 3.21. The molecule has 0 bridgehead atoms. The van der Waals surface area contributed by atoms with Gasteiger partial charge in [-0.25, -0.2) is 9.97 Å². The molecule has 5 aromatic heterocycles. The van der Waals surface area contributed by atoms with E-state index in [1.165, 1.54) is 10.9 Å². The Morgan fingerprint density at radius 1 is 0.340 bits per heavy atom. The van der Waals surface area contributed by atoms with Crippen LogP contribution in [0.15, 0.2) is 176 Å². The van der Waals surface area contributed by atoms with Crippen molar-refractivity contribution in [3.63, 3.8) is 0 Å². The van der Waals surface area contributed by atoms with E-state index >= 15 is 0 Å². The fraction of sp³-hybridized carbons (Fsp3) is 0. The van der Waals surface area contributed by atoms with Crippen LogP contribution in [0.5, 0.6) is 0 Å². The predicted molar refractivity (Wildman–Crippen MR) is 203 cm³/mol. The van der Waals surface area contributed by atoms with E-state index in [4.69, 9.17) is 9.97 Å². The summed E-state index contributed by atoms with van der Waals surface area (Å²) >= 11 is 0. The standard InChI is InChI=1S/C45H29N5/c1-2-14-39-37(11-1)44-36(12-8-13-38(44)45(50-39)32-21-25-46-26-22-32)34-10-7-9-33(27-34)30-17-19-31(20-18-30)35-28-42(40-15-3-5-23-47-40)49-43(29-35)41-16-4-6-24-48-41/h1-29H. The van der Waals surface area contributed by atoms with Gasteiger partial charge < -0.3 is 0 Å². The van der Waals surface area contributed by atoms with Crippen molar-refractivity contribution in [3.05, 3.63) is 176 Å². The van der Waals surface area contributed by atoms with Crippen molar-refractivity contribution in [2.24, 2.45) is 0 Å². The van der Waals surface area contributed by atoms with Gasteiger partial charge in [0.25, 0.3) is 0 Å². The molecule has 0 aliphatic rings. The highest BCUT2D eigenvalue weighted by molar-refractivity contribution is 6.17. The Labute approximate surface area is 289 Å².